The van der Waals surface area contributed by atoms with Crippen LogP contribution in [0.2, 0.25) is 0 Å². The molecule has 4 aromatic rings. The molecule has 1 saturated heterocycles. The van der Waals surface area contributed by atoms with Crippen LogP contribution in [0.25, 0.3) is 11.0 Å². The number of amides is 1. The van der Waals surface area contributed by atoms with Gasteiger partial charge in [-0.2, -0.15) is 15.1 Å². The zero-order chi connectivity index (χ0) is 24.5. The Labute approximate surface area is 199 Å². The number of nitrogens with two attached hydrogens (primary N) is 1. The molecule has 0 spiro atoms. The summed E-state index contributed by atoms with van der Waals surface area (Å²) in [6, 6.07) is 17.0. The first-order valence-electron chi connectivity index (χ1n) is 10.9. The number of rotatable bonds is 6. The van der Waals surface area contributed by atoms with Crippen LogP contribution in [0, 0.1) is 0 Å². The second-order valence-corrected chi connectivity index (χ2v) is 8.05. The molecule has 178 valence electrons. The fourth-order valence-electron chi connectivity index (χ4n) is 4.03. The third-order valence-corrected chi connectivity index (χ3v) is 5.74. The van der Waals surface area contributed by atoms with E-state index in [2.05, 4.69) is 20.4 Å². The lowest BCUT2D eigenvalue weighted by atomic mass is 10.1. The first kappa shape index (κ1) is 22.6. The Morgan fingerprint density at radius 3 is 2.34 bits per heavy atom. The largest absolute Gasteiger partial charge is 0.394 e. The first-order valence-corrected chi connectivity index (χ1v) is 10.9. The fourth-order valence-corrected chi connectivity index (χ4v) is 4.03. The maximum absolute atomic E-state index is 13.5. The van der Waals surface area contributed by atoms with Gasteiger partial charge in [-0.15, -0.1) is 0 Å². The number of benzene rings is 2. The molecule has 1 amide bonds. The number of aromatic nitrogens is 4. The second-order valence-electron chi connectivity index (χ2n) is 8.05. The molecule has 11 heteroatoms. The van der Waals surface area contributed by atoms with Crippen LogP contribution in [0.5, 0.6) is 0 Å². The summed E-state index contributed by atoms with van der Waals surface area (Å²) < 4.78 is 7.08. The van der Waals surface area contributed by atoms with Crippen molar-refractivity contribution in [1.29, 1.82) is 0 Å². The van der Waals surface area contributed by atoms with Crippen molar-refractivity contribution >= 4 is 34.5 Å². The Balaban J connectivity index is 1.66. The van der Waals surface area contributed by atoms with Crippen molar-refractivity contribution < 1.29 is 24.5 Å². The number of nitrogens with zero attached hydrogens (tertiary/aromatic N) is 4. The Morgan fingerprint density at radius 2 is 1.71 bits per heavy atom. The minimum absolute atomic E-state index is 0.0138. The zero-order valence-corrected chi connectivity index (χ0v) is 18.4. The van der Waals surface area contributed by atoms with Crippen LogP contribution in [0.3, 0.4) is 0 Å². The number of aliphatic hydroxyl groups is 2. The molecule has 3 atom stereocenters. The molecule has 1 aliphatic heterocycles. The van der Waals surface area contributed by atoms with Crippen LogP contribution in [0.1, 0.15) is 39.1 Å². The molecule has 3 heterocycles. The minimum Gasteiger partial charge on any atom is -0.394 e. The van der Waals surface area contributed by atoms with Crippen molar-refractivity contribution in [2.24, 2.45) is 0 Å². The van der Waals surface area contributed by atoms with Crippen molar-refractivity contribution in [3.8, 4) is 0 Å². The van der Waals surface area contributed by atoms with E-state index >= 15 is 0 Å². The molecule has 11 nitrogen and oxygen atoms in total. The number of hydrogen-bond acceptors (Lipinski definition) is 9. The molecule has 0 unspecified atom stereocenters. The quantitative estimate of drug-likeness (QED) is 0.303. The third kappa shape index (κ3) is 4.23. The number of aliphatic hydroxyl groups excluding tert-OH is 2. The lowest BCUT2D eigenvalue weighted by Gasteiger charge is -2.13. The summed E-state index contributed by atoms with van der Waals surface area (Å²) in [6.07, 6.45) is -2.47. The number of hydrogen-bond donors (Lipinski definition) is 4. The van der Waals surface area contributed by atoms with Crippen LogP contribution in [-0.2, 0) is 4.74 Å². The van der Waals surface area contributed by atoms with Gasteiger partial charge >= 0.3 is 0 Å². The van der Waals surface area contributed by atoms with E-state index in [0.717, 1.165) is 0 Å². The van der Waals surface area contributed by atoms with Crippen LogP contribution >= 0.6 is 0 Å². The molecule has 0 aliphatic carbocycles. The van der Waals surface area contributed by atoms with E-state index < -0.39 is 30.1 Å². The van der Waals surface area contributed by atoms with Gasteiger partial charge in [-0.25, -0.2) is 4.68 Å². The maximum atomic E-state index is 13.5. The summed E-state index contributed by atoms with van der Waals surface area (Å²) in [5.74, 6) is -1.01. The van der Waals surface area contributed by atoms with Crippen molar-refractivity contribution in [3.63, 3.8) is 0 Å². The number of ether oxygens (including phenoxy) is 1. The van der Waals surface area contributed by atoms with Crippen molar-refractivity contribution in [2.45, 2.75) is 24.9 Å². The van der Waals surface area contributed by atoms with Gasteiger partial charge in [0.25, 0.3) is 5.91 Å². The van der Waals surface area contributed by atoms with Crippen molar-refractivity contribution in [2.75, 3.05) is 17.7 Å². The highest BCUT2D eigenvalue weighted by atomic mass is 16.5. The molecule has 5 N–H and O–H groups in total. The molecule has 5 rings (SSSR count). The fraction of sp³-hybridized carbons (Fsp3) is 0.208. The Bertz CT molecular complexity index is 1390. The van der Waals surface area contributed by atoms with Gasteiger partial charge in [-0.3, -0.25) is 9.59 Å². The maximum Gasteiger partial charge on any atom is 0.256 e. The Morgan fingerprint density at radius 1 is 1.06 bits per heavy atom. The molecular weight excluding hydrogens is 452 g/mol. The average molecular weight is 474 g/mol. The van der Waals surface area contributed by atoms with Crippen molar-refractivity contribution in [3.05, 3.63) is 77.5 Å². The molecule has 0 bridgehead atoms. The highest BCUT2D eigenvalue weighted by molar-refractivity contribution is 6.18. The molecule has 2 aromatic carbocycles. The number of anilines is 2. The smallest absolute Gasteiger partial charge is 0.256 e. The lowest BCUT2D eigenvalue weighted by Crippen LogP contribution is -2.24. The highest BCUT2D eigenvalue weighted by Gasteiger charge is 2.37. The van der Waals surface area contributed by atoms with E-state index in [0.29, 0.717) is 11.1 Å². The molecule has 2 aromatic heterocycles. The highest BCUT2D eigenvalue weighted by Crippen LogP contribution is 2.34. The number of fused-ring (bicyclic) bond motifs is 1. The summed E-state index contributed by atoms with van der Waals surface area (Å²) in [4.78, 5) is 34.8. The van der Waals surface area contributed by atoms with E-state index in [1.807, 2.05) is 0 Å². The van der Waals surface area contributed by atoms with Gasteiger partial charge in [-0.1, -0.05) is 48.5 Å². The van der Waals surface area contributed by atoms with Gasteiger partial charge in [0, 0.05) is 17.5 Å². The minimum atomic E-state index is -0.936. The van der Waals surface area contributed by atoms with Gasteiger partial charge in [0.1, 0.15) is 17.6 Å². The molecule has 0 radical (unpaired) electrons. The normalized spacial score (nSPS) is 19.7. The average Bonchev–Trinajstić information content (AvgIpc) is 3.44. The molecule has 0 saturated carbocycles. The molecule has 1 aliphatic rings. The van der Waals surface area contributed by atoms with Gasteiger partial charge in [0.2, 0.25) is 11.7 Å². The lowest BCUT2D eigenvalue weighted by molar-refractivity contribution is -0.0471. The summed E-state index contributed by atoms with van der Waals surface area (Å²) in [5.41, 5.74) is 6.84. The number of carbonyl (C=O) groups is 2. The van der Waals surface area contributed by atoms with Gasteiger partial charge in [0.05, 0.1) is 18.1 Å². The van der Waals surface area contributed by atoms with E-state index in [9.17, 15) is 19.8 Å². The van der Waals surface area contributed by atoms with Gasteiger partial charge in [-0.05, 0) is 12.1 Å². The zero-order valence-electron chi connectivity index (χ0n) is 18.4. The van der Waals surface area contributed by atoms with Crippen LogP contribution in [-0.4, -0.2) is 60.5 Å². The SMILES string of the molecule is Nc1nc(NC(=O)c2ccccc2)c2c(C(=O)c3ccccc3)nn([C@@H]3C[C@H](O)[C@@H](CO)O3)c2n1. The van der Waals surface area contributed by atoms with E-state index in [1.165, 1.54) is 4.68 Å². The van der Waals surface area contributed by atoms with E-state index in [4.69, 9.17) is 10.5 Å². The topological polar surface area (TPSA) is 165 Å². The van der Waals surface area contributed by atoms with Gasteiger partial charge in [0.15, 0.2) is 11.9 Å². The monoisotopic (exact) mass is 474 g/mol. The summed E-state index contributed by atoms with van der Waals surface area (Å²) in [5, 5.41) is 27.1. The van der Waals surface area contributed by atoms with E-state index in [1.54, 1.807) is 60.7 Å². The van der Waals surface area contributed by atoms with Crippen LogP contribution < -0.4 is 11.1 Å². The van der Waals surface area contributed by atoms with Crippen LogP contribution in [0.4, 0.5) is 11.8 Å². The predicted molar refractivity (Wildman–Crippen MR) is 126 cm³/mol. The summed E-state index contributed by atoms with van der Waals surface area (Å²) in [7, 11) is 0. The summed E-state index contributed by atoms with van der Waals surface area (Å²) >= 11 is 0. The molecule has 35 heavy (non-hydrogen) atoms. The van der Waals surface area contributed by atoms with E-state index in [-0.39, 0.29) is 41.5 Å². The molecule has 1 fully saturated rings. The second kappa shape index (κ2) is 9.22. The Hall–Kier alpha value is -4.19. The molecular formula is C24H22N6O5. The number of nitrogen functional groups attached to an aromatic ring is 1. The first-order chi connectivity index (χ1) is 17.0. The summed E-state index contributed by atoms with van der Waals surface area (Å²) in [6.45, 7) is -0.387. The number of carbonyl (C=O) groups excluding carboxylic acids is 2. The van der Waals surface area contributed by atoms with Crippen molar-refractivity contribution in [1.82, 2.24) is 19.7 Å². The van der Waals surface area contributed by atoms with Crippen LogP contribution in [0.15, 0.2) is 60.7 Å². The number of ketones is 1. The third-order valence-electron chi connectivity index (χ3n) is 5.74. The number of nitrogens with one attached hydrogen (secondary N) is 1. The Kier molecular flexibility index (Phi) is 5.95. The standard InChI is InChI=1S/C24H22N6O5/c25-24-27-21(26-23(34)14-9-5-2-6-10-14)18-19(20(33)13-7-3-1-4-8-13)29-30(22(18)28-24)17-11-15(32)16(12-31)35-17/h1-10,15-17,31-32H,11-12H2,(H3,25,26,27,28,34)/t15-,16+,17-/m0/s1. The predicted octanol–water partition coefficient (Wildman–Crippen LogP) is 1.53. The van der Waals surface area contributed by atoms with Gasteiger partial charge < -0.3 is 26.0 Å².